The first-order valence-corrected chi connectivity index (χ1v) is 9.08. The lowest BCUT2D eigenvalue weighted by molar-refractivity contribution is 0.120. The van der Waals surface area contributed by atoms with E-state index < -0.39 is 0 Å². The van der Waals surface area contributed by atoms with E-state index in [0.717, 1.165) is 50.7 Å². The fraction of sp³-hybridized carbons (Fsp3) is 0.941. The van der Waals surface area contributed by atoms with Gasteiger partial charge in [0.2, 0.25) is 0 Å². The Bertz CT molecular complexity index is 332. The fourth-order valence-electron chi connectivity index (χ4n) is 3.44. The largest absolute Gasteiger partial charge is 0.393 e. The molecule has 0 aromatic rings. The minimum Gasteiger partial charge on any atom is -0.393 e. The Balaban J connectivity index is 1.72. The zero-order valence-electron chi connectivity index (χ0n) is 14.4. The molecule has 128 valence electrons. The zero-order chi connectivity index (χ0) is 15.8. The first kappa shape index (κ1) is 17.5. The molecule has 1 heterocycles. The van der Waals surface area contributed by atoms with Gasteiger partial charge in [0, 0.05) is 19.1 Å². The molecule has 5 heteroatoms. The summed E-state index contributed by atoms with van der Waals surface area (Å²) in [4.78, 5) is 7.18. The van der Waals surface area contributed by atoms with Gasteiger partial charge in [-0.05, 0) is 77.9 Å². The lowest BCUT2D eigenvalue weighted by Crippen LogP contribution is -2.45. The molecule has 2 rings (SSSR count). The smallest absolute Gasteiger partial charge is 0.191 e. The molecule has 0 amide bonds. The summed E-state index contributed by atoms with van der Waals surface area (Å²) in [5.41, 5.74) is 0. The van der Waals surface area contributed by atoms with E-state index in [1.807, 2.05) is 0 Å². The van der Waals surface area contributed by atoms with Crippen molar-refractivity contribution in [3.05, 3.63) is 0 Å². The molecule has 0 spiro atoms. The van der Waals surface area contributed by atoms with Crippen LogP contribution in [0.2, 0.25) is 0 Å². The standard InChI is InChI=1S/C17H34N4O/c1-3-18-17(20-15-4-6-16(22)7-5-15)19-11-8-14-9-12-21(2)13-10-14/h14-16,22H,3-13H2,1-2H3,(H2,18,19,20). The highest BCUT2D eigenvalue weighted by molar-refractivity contribution is 5.80. The summed E-state index contributed by atoms with van der Waals surface area (Å²) in [6.07, 6.45) is 7.64. The van der Waals surface area contributed by atoms with Crippen LogP contribution in [0.15, 0.2) is 4.99 Å². The average molecular weight is 310 g/mol. The molecule has 3 N–H and O–H groups in total. The molecular weight excluding hydrogens is 276 g/mol. The molecule has 2 fully saturated rings. The van der Waals surface area contributed by atoms with Crippen molar-refractivity contribution in [2.24, 2.45) is 10.9 Å². The Labute approximate surface area is 135 Å². The molecule has 0 aromatic heterocycles. The normalized spacial score (nSPS) is 28.6. The second kappa shape index (κ2) is 9.36. The van der Waals surface area contributed by atoms with Crippen LogP contribution >= 0.6 is 0 Å². The molecule has 0 radical (unpaired) electrons. The topological polar surface area (TPSA) is 59.9 Å². The summed E-state index contributed by atoms with van der Waals surface area (Å²) in [5.74, 6) is 1.80. The number of guanidine groups is 1. The van der Waals surface area contributed by atoms with Crippen molar-refractivity contribution >= 4 is 5.96 Å². The lowest BCUT2D eigenvalue weighted by atomic mass is 9.93. The van der Waals surface area contributed by atoms with Crippen molar-refractivity contribution in [2.75, 3.05) is 33.2 Å². The quantitative estimate of drug-likeness (QED) is 0.533. The van der Waals surface area contributed by atoms with Crippen LogP contribution in [0.3, 0.4) is 0 Å². The van der Waals surface area contributed by atoms with Gasteiger partial charge < -0.3 is 20.6 Å². The second-order valence-electron chi connectivity index (χ2n) is 6.95. The number of aliphatic hydroxyl groups excluding tert-OH is 1. The van der Waals surface area contributed by atoms with E-state index in [1.54, 1.807) is 0 Å². The van der Waals surface area contributed by atoms with Gasteiger partial charge in [-0.1, -0.05) is 0 Å². The molecule has 1 saturated carbocycles. The van der Waals surface area contributed by atoms with E-state index in [-0.39, 0.29) is 6.10 Å². The maximum Gasteiger partial charge on any atom is 0.191 e. The summed E-state index contributed by atoms with van der Waals surface area (Å²) in [6.45, 7) is 6.39. The van der Waals surface area contributed by atoms with Gasteiger partial charge in [0.25, 0.3) is 0 Å². The molecular formula is C17H34N4O. The van der Waals surface area contributed by atoms with E-state index >= 15 is 0 Å². The second-order valence-corrected chi connectivity index (χ2v) is 6.95. The molecule has 22 heavy (non-hydrogen) atoms. The molecule has 0 unspecified atom stereocenters. The van der Waals surface area contributed by atoms with Crippen molar-refractivity contribution < 1.29 is 5.11 Å². The molecule has 0 aromatic carbocycles. The summed E-state index contributed by atoms with van der Waals surface area (Å²) < 4.78 is 0. The third-order valence-corrected chi connectivity index (χ3v) is 5.03. The predicted octanol–water partition coefficient (Wildman–Crippen LogP) is 1.58. The van der Waals surface area contributed by atoms with Gasteiger partial charge in [-0.15, -0.1) is 0 Å². The maximum atomic E-state index is 9.59. The van der Waals surface area contributed by atoms with Crippen LogP contribution in [0.1, 0.15) is 51.9 Å². The van der Waals surface area contributed by atoms with Crippen LogP contribution in [0.4, 0.5) is 0 Å². The summed E-state index contributed by atoms with van der Waals surface area (Å²) >= 11 is 0. The van der Waals surface area contributed by atoms with Crippen molar-refractivity contribution in [2.45, 2.75) is 64.0 Å². The van der Waals surface area contributed by atoms with Crippen LogP contribution < -0.4 is 10.6 Å². The number of likely N-dealkylation sites (tertiary alicyclic amines) is 1. The minimum absolute atomic E-state index is 0.0954. The van der Waals surface area contributed by atoms with Gasteiger partial charge in [0.1, 0.15) is 0 Å². The number of nitrogens with one attached hydrogen (secondary N) is 2. The predicted molar refractivity (Wildman–Crippen MR) is 92.2 cm³/mol. The Morgan fingerprint density at radius 3 is 2.45 bits per heavy atom. The number of aliphatic hydroxyl groups is 1. The van der Waals surface area contributed by atoms with E-state index in [0.29, 0.717) is 6.04 Å². The van der Waals surface area contributed by atoms with Crippen LogP contribution in [-0.4, -0.2) is 61.3 Å². The number of rotatable bonds is 5. The van der Waals surface area contributed by atoms with Gasteiger partial charge in [0.05, 0.1) is 6.10 Å². The van der Waals surface area contributed by atoms with Gasteiger partial charge in [-0.3, -0.25) is 4.99 Å². The highest BCUT2D eigenvalue weighted by atomic mass is 16.3. The Hall–Kier alpha value is -0.810. The van der Waals surface area contributed by atoms with Crippen molar-refractivity contribution in [1.82, 2.24) is 15.5 Å². The molecule has 0 bridgehead atoms. The number of hydrogen-bond donors (Lipinski definition) is 3. The summed E-state index contributed by atoms with van der Waals surface area (Å²) in [6, 6.07) is 0.463. The van der Waals surface area contributed by atoms with Crippen LogP contribution in [0.5, 0.6) is 0 Å². The number of nitrogens with zero attached hydrogens (tertiary/aromatic N) is 2. The third kappa shape index (κ3) is 6.13. The highest BCUT2D eigenvalue weighted by Gasteiger charge is 2.20. The van der Waals surface area contributed by atoms with E-state index in [4.69, 9.17) is 4.99 Å². The molecule has 1 aliphatic carbocycles. The van der Waals surface area contributed by atoms with E-state index in [9.17, 15) is 5.11 Å². The van der Waals surface area contributed by atoms with E-state index in [2.05, 4.69) is 29.5 Å². The van der Waals surface area contributed by atoms with Crippen LogP contribution in [0.25, 0.3) is 0 Å². The lowest BCUT2D eigenvalue weighted by Gasteiger charge is -2.29. The number of aliphatic imine (C=N–C) groups is 1. The summed E-state index contributed by atoms with van der Waals surface area (Å²) in [5, 5.41) is 16.5. The van der Waals surface area contributed by atoms with Gasteiger partial charge in [-0.25, -0.2) is 0 Å². The molecule has 2 aliphatic rings. The minimum atomic E-state index is -0.0954. The Kier molecular flexibility index (Phi) is 7.46. The van der Waals surface area contributed by atoms with Crippen molar-refractivity contribution in [3.63, 3.8) is 0 Å². The highest BCUT2D eigenvalue weighted by Crippen LogP contribution is 2.20. The van der Waals surface area contributed by atoms with E-state index in [1.165, 1.54) is 32.4 Å². The molecule has 1 aliphatic heterocycles. The van der Waals surface area contributed by atoms with Crippen LogP contribution in [-0.2, 0) is 0 Å². The first-order valence-electron chi connectivity index (χ1n) is 9.08. The first-order chi connectivity index (χ1) is 10.7. The van der Waals surface area contributed by atoms with Crippen molar-refractivity contribution in [1.29, 1.82) is 0 Å². The Morgan fingerprint density at radius 1 is 1.14 bits per heavy atom. The SMILES string of the molecule is CCNC(=NCCC1CCN(C)CC1)NC1CCC(O)CC1. The number of piperidine rings is 1. The molecule has 5 nitrogen and oxygen atoms in total. The third-order valence-electron chi connectivity index (χ3n) is 5.03. The Morgan fingerprint density at radius 2 is 1.82 bits per heavy atom. The maximum absolute atomic E-state index is 9.59. The zero-order valence-corrected chi connectivity index (χ0v) is 14.4. The monoisotopic (exact) mass is 310 g/mol. The summed E-state index contributed by atoms with van der Waals surface area (Å²) in [7, 11) is 2.21. The van der Waals surface area contributed by atoms with Crippen molar-refractivity contribution in [3.8, 4) is 0 Å². The average Bonchev–Trinajstić information content (AvgIpc) is 2.52. The van der Waals surface area contributed by atoms with Gasteiger partial charge in [0.15, 0.2) is 5.96 Å². The van der Waals surface area contributed by atoms with Crippen LogP contribution in [0, 0.1) is 5.92 Å². The fourth-order valence-corrected chi connectivity index (χ4v) is 3.44. The van der Waals surface area contributed by atoms with Gasteiger partial charge in [-0.2, -0.15) is 0 Å². The molecule has 0 atom stereocenters. The van der Waals surface area contributed by atoms with Gasteiger partial charge >= 0.3 is 0 Å². The molecule has 1 saturated heterocycles. The number of hydrogen-bond acceptors (Lipinski definition) is 3.